The second-order valence-electron chi connectivity index (χ2n) is 9.64. The highest BCUT2D eigenvalue weighted by atomic mass is 16.5. The van der Waals surface area contributed by atoms with Gasteiger partial charge in [0.25, 0.3) is 11.7 Å². The molecule has 2 aliphatic rings. The lowest BCUT2D eigenvalue weighted by atomic mass is 9.94. The molecule has 0 spiro atoms. The summed E-state index contributed by atoms with van der Waals surface area (Å²) in [5, 5.41) is 11.5. The van der Waals surface area contributed by atoms with Crippen molar-refractivity contribution in [1.82, 2.24) is 4.90 Å². The average molecular weight is 524 g/mol. The van der Waals surface area contributed by atoms with Crippen molar-refractivity contribution >= 4 is 17.4 Å². The number of nitrogens with zero attached hydrogens (tertiary/aromatic N) is 1. The number of ketones is 1. The van der Waals surface area contributed by atoms with E-state index in [1.54, 1.807) is 31.4 Å². The van der Waals surface area contributed by atoms with Gasteiger partial charge in [0.05, 0.1) is 24.8 Å². The van der Waals surface area contributed by atoms with Gasteiger partial charge in [-0.25, -0.2) is 0 Å². The number of hydrogen-bond donors (Lipinski definition) is 1. The van der Waals surface area contributed by atoms with Gasteiger partial charge in [-0.3, -0.25) is 9.59 Å². The summed E-state index contributed by atoms with van der Waals surface area (Å²) in [5.74, 6) is 0.348. The number of rotatable bonds is 12. The number of likely N-dealkylation sites (tertiary alicyclic amines) is 1. The van der Waals surface area contributed by atoms with E-state index in [-0.39, 0.29) is 17.4 Å². The highest BCUT2D eigenvalue weighted by Crippen LogP contribution is 2.43. The van der Waals surface area contributed by atoms with Crippen LogP contribution in [0.5, 0.6) is 17.2 Å². The molecule has 8 nitrogen and oxygen atoms in total. The molecule has 38 heavy (non-hydrogen) atoms. The van der Waals surface area contributed by atoms with Gasteiger partial charge in [0.2, 0.25) is 0 Å². The molecule has 2 atom stereocenters. The number of carbonyl (C=O) groups excluding carboxylic acids is 2. The lowest BCUT2D eigenvalue weighted by Gasteiger charge is -2.26. The van der Waals surface area contributed by atoms with Gasteiger partial charge >= 0.3 is 0 Å². The van der Waals surface area contributed by atoms with Crippen molar-refractivity contribution in [2.24, 2.45) is 0 Å². The fourth-order valence-electron chi connectivity index (χ4n) is 4.97. The molecule has 2 unspecified atom stereocenters. The Bertz CT molecular complexity index is 1210. The fraction of sp³-hybridized carbons (Fsp3) is 0.467. The zero-order valence-corrected chi connectivity index (χ0v) is 22.6. The Morgan fingerprint density at radius 1 is 1.05 bits per heavy atom. The van der Waals surface area contributed by atoms with Gasteiger partial charge < -0.3 is 29.0 Å². The monoisotopic (exact) mass is 523 g/mol. The van der Waals surface area contributed by atoms with Crippen LogP contribution in [0.3, 0.4) is 0 Å². The minimum Gasteiger partial charge on any atom is -0.507 e. The van der Waals surface area contributed by atoms with E-state index in [4.69, 9.17) is 18.9 Å². The number of aliphatic hydroxyl groups excluding tert-OH is 1. The molecule has 0 aromatic heterocycles. The van der Waals surface area contributed by atoms with E-state index < -0.39 is 17.7 Å². The molecule has 1 amide bonds. The number of benzene rings is 2. The average Bonchev–Trinajstić information content (AvgIpc) is 3.40. The SMILES string of the molecule is CCCCOc1ccc(C2/C(=C(\O)c3ccc4c(c3)CC(C)O4)C(=O)C(=O)N2CCCOC)cc1OCC. The van der Waals surface area contributed by atoms with Crippen LogP contribution in [0.15, 0.2) is 42.0 Å². The summed E-state index contributed by atoms with van der Waals surface area (Å²) in [6.45, 7) is 7.69. The molecule has 1 N–H and O–H groups in total. The van der Waals surface area contributed by atoms with E-state index in [9.17, 15) is 14.7 Å². The van der Waals surface area contributed by atoms with Gasteiger partial charge in [-0.2, -0.15) is 0 Å². The molecule has 0 bridgehead atoms. The molecule has 1 saturated heterocycles. The number of aliphatic hydroxyl groups is 1. The van der Waals surface area contributed by atoms with Crippen molar-refractivity contribution in [3.8, 4) is 17.2 Å². The molecule has 2 aromatic rings. The van der Waals surface area contributed by atoms with Gasteiger partial charge in [-0.05, 0) is 68.1 Å². The normalized spacial score (nSPS) is 19.9. The molecular formula is C30H37NO7. The Morgan fingerprint density at radius 2 is 1.87 bits per heavy atom. The van der Waals surface area contributed by atoms with Crippen molar-refractivity contribution in [1.29, 1.82) is 0 Å². The second-order valence-corrected chi connectivity index (χ2v) is 9.64. The fourth-order valence-corrected chi connectivity index (χ4v) is 4.97. The number of ether oxygens (including phenoxy) is 4. The molecular weight excluding hydrogens is 486 g/mol. The van der Waals surface area contributed by atoms with Crippen molar-refractivity contribution in [2.45, 2.75) is 58.6 Å². The third-order valence-corrected chi connectivity index (χ3v) is 6.80. The summed E-state index contributed by atoms with van der Waals surface area (Å²) in [4.78, 5) is 28.1. The van der Waals surface area contributed by atoms with E-state index >= 15 is 0 Å². The van der Waals surface area contributed by atoms with Crippen LogP contribution in [0.1, 0.15) is 62.8 Å². The number of methoxy groups -OCH3 is 1. The quantitative estimate of drug-likeness (QED) is 0.180. The van der Waals surface area contributed by atoms with E-state index in [2.05, 4.69) is 6.92 Å². The standard InChI is InChI=1S/C30H37NO7/c1-5-7-15-37-24-12-9-20(18-25(24)36-6-2)27-26(29(33)30(34)31(27)13-8-14-35-4)28(32)21-10-11-23-22(17-21)16-19(3)38-23/h9-12,17-19,27,32H,5-8,13-16H2,1-4H3/b28-26+. The number of fused-ring (bicyclic) bond motifs is 1. The first-order chi connectivity index (χ1) is 18.4. The van der Waals surface area contributed by atoms with Gasteiger partial charge in [-0.1, -0.05) is 19.4 Å². The zero-order chi connectivity index (χ0) is 27.2. The van der Waals surface area contributed by atoms with Crippen LogP contribution in [0, 0.1) is 0 Å². The Kier molecular flexibility index (Phi) is 8.94. The van der Waals surface area contributed by atoms with Crippen molar-refractivity contribution in [2.75, 3.05) is 33.5 Å². The molecule has 4 rings (SSSR count). The molecule has 2 aliphatic heterocycles. The minimum atomic E-state index is -0.779. The van der Waals surface area contributed by atoms with Crippen LogP contribution in [0.2, 0.25) is 0 Å². The largest absolute Gasteiger partial charge is 0.507 e. The van der Waals surface area contributed by atoms with Gasteiger partial charge in [-0.15, -0.1) is 0 Å². The number of unbranched alkanes of at least 4 members (excludes halogenated alkanes) is 1. The molecule has 2 aromatic carbocycles. The Hall–Kier alpha value is -3.52. The van der Waals surface area contributed by atoms with E-state index in [0.717, 1.165) is 24.2 Å². The first-order valence-electron chi connectivity index (χ1n) is 13.4. The lowest BCUT2D eigenvalue weighted by molar-refractivity contribution is -0.140. The van der Waals surface area contributed by atoms with Gasteiger partial charge in [0.1, 0.15) is 17.6 Å². The smallest absolute Gasteiger partial charge is 0.295 e. The number of carbonyl (C=O) groups is 2. The second kappa shape index (κ2) is 12.3. The molecule has 204 valence electrons. The number of hydrogen-bond acceptors (Lipinski definition) is 7. The van der Waals surface area contributed by atoms with Crippen LogP contribution >= 0.6 is 0 Å². The van der Waals surface area contributed by atoms with Crippen LogP contribution in [-0.4, -0.2) is 61.3 Å². The van der Waals surface area contributed by atoms with Crippen molar-refractivity contribution in [3.63, 3.8) is 0 Å². The Balaban J connectivity index is 1.79. The molecule has 1 fully saturated rings. The van der Waals surface area contributed by atoms with Gasteiger partial charge in [0, 0.05) is 32.2 Å². The summed E-state index contributed by atoms with van der Waals surface area (Å²) >= 11 is 0. The van der Waals surface area contributed by atoms with Crippen molar-refractivity contribution < 1.29 is 33.6 Å². The topological polar surface area (TPSA) is 94.5 Å². The predicted molar refractivity (Wildman–Crippen MR) is 144 cm³/mol. The van der Waals surface area contributed by atoms with Gasteiger partial charge in [0.15, 0.2) is 11.5 Å². The van der Waals surface area contributed by atoms with E-state index in [0.29, 0.717) is 61.8 Å². The summed E-state index contributed by atoms with van der Waals surface area (Å²) in [6, 6.07) is 10.0. The summed E-state index contributed by atoms with van der Waals surface area (Å²) in [5.41, 5.74) is 2.15. The van der Waals surface area contributed by atoms with Crippen LogP contribution < -0.4 is 14.2 Å². The van der Waals surface area contributed by atoms with Crippen LogP contribution in [0.4, 0.5) is 0 Å². The predicted octanol–water partition coefficient (Wildman–Crippen LogP) is 5.05. The number of amides is 1. The maximum atomic E-state index is 13.4. The number of Topliss-reactive ketones (excluding diaryl/α,β-unsaturated/α-hetero) is 1. The molecule has 0 saturated carbocycles. The zero-order valence-electron chi connectivity index (χ0n) is 22.6. The summed E-state index contributed by atoms with van der Waals surface area (Å²) < 4.78 is 22.8. The first-order valence-corrected chi connectivity index (χ1v) is 13.4. The summed E-state index contributed by atoms with van der Waals surface area (Å²) in [6.07, 6.45) is 3.22. The highest BCUT2D eigenvalue weighted by Gasteiger charge is 2.46. The first kappa shape index (κ1) is 27.5. The van der Waals surface area contributed by atoms with Crippen molar-refractivity contribution in [3.05, 3.63) is 58.7 Å². The Morgan fingerprint density at radius 3 is 2.61 bits per heavy atom. The maximum Gasteiger partial charge on any atom is 0.295 e. The molecule has 0 radical (unpaired) electrons. The minimum absolute atomic E-state index is 0.0452. The van der Waals surface area contributed by atoms with Crippen LogP contribution in [-0.2, 0) is 20.7 Å². The summed E-state index contributed by atoms with van der Waals surface area (Å²) in [7, 11) is 1.59. The third kappa shape index (κ3) is 5.65. The van der Waals surface area contributed by atoms with Crippen LogP contribution in [0.25, 0.3) is 5.76 Å². The molecule has 2 heterocycles. The third-order valence-electron chi connectivity index (χ3n) is 6.80. The lowest BCUT2D eigenvalue weighted by Crippen LogP contribution is -2.31. The molecule has 0 aliphatic carbocycles. The Labute approximate surface area is 224 Å². The van der Waals surface area contributed by atoms with E-state index in [1.807, 2.05) is 26.0 Å². The highest BCUT2D eigenvalue weighted by molar-refractivity contribution is 6.46. The molecule has 8 heteroatoms. The maximum absolute atomic E-state index is 13.4. The van der Waals surface area contributed by atoms with E-state index in [1.165, 1.54) is 4.90 Å².